The largest absolute Gasteiger partial charge is 0.361 e. The second-order valence-corrected chi connectivity index (χ2v) is 8.88. The number of hydrogen-bond acceptors (Lipinski definition) is 3. The number of nitrogens with one attached hydrogen (secondary N) is 2. The number of H-pyrrole nitrogens is 1. The lowest BCUT2D eigenvalue weighted by molar-refractivity contribution is -0.120. The minimum absolute atomic E-state index is 0.00352. The fourth-order valence-electron chi connectivity index (χ4n) is 4.36. The number of piperidine rings is 1. The zero-order valence-electron chi connectivity index (χ0n) is 18.9. The van der Waals surface area contributed by atoms with Crippen LogP contribution in [0.25, 0.3) is 10.9 Å². The summed E-state index contributed by atoms with van der Waals surface area (Å²) in [5.74, 6) is 0.174. The van der Waals surface area contributed by atoms with Crippen LogP contribution in [0.4, 0.5) is 5.69 Å². The summed E-state index contributed by atoms with van der Waals surface area (Å²) >= 11 is 0. The van der Waals surface area contributed by atoms with Gasteiger partial charge in [-0.2, -0.15) is 0 Å². The van der Waals surface area contributed by atoms with Crippen molar-refractivity contribution in [1.29, 1.82) is 0 Å². The Morgan fingerprint density at radius 3 is 2.56 bits per heavy atom. The Morgan fingerprint density at radius 1 is 1.09 bits per heavy atom. The van der Waals surface area contributed by atoms with E-state index < -0.39 is 0 Å². The van der Waals surface area contributed by atoms with Gasteiger partial charge in [-0.3, -0.25) is 14.5 Å². The van der Waals surface area contributed by atoms with Gasteiger partial charge in [0, 0.05) is 35.6 Å². The number of benzene rings is 2. The number of carbonyl (C=O) groups is 2. The number of nitrogens with zero attached hydrogens (tertiary/aromatic N) is 2. The number of fused-ring (bicyclic) bond motifs is 1. The van der Waals surface area contributed by atoms with E-state index in [2.05, 4.69) is 29.0 Å². The molecule has 0 spiro atoms. The third-order valence-corrected chi connectivity index (χ3v) is 6.38. The van der Waals surface area contributed by atoms with Gasteiger partial charge in [0.1, 0.15) is 6.54 Å². The molecule has 1 saturated heterocycles. The van der Waals surface area contributed by atoms with Crippen LogP contribution in [0.1, 0.15) is 37.0 Å². The van der Waals surface area contributed by atoms with E-state index in [-0.39, 0.29) is 18.4 Å². The molecule has 1 aromatic heterocycles. The van der Waals surface area contributed by atoms with Crippen LogP contribution in [-0.2, 0) is 4.79 Å². The second kappa shape index (κ2) is 10.0. The number of anilines is 1. The maximum Gasteiger partial charge on any atom is 0.258 e. The minimum atomic E-state index is -0.187. The zero-order chi connectivity index (χ0) is 22.5. The van der Waals surface area contributed by atoms with Crippen LogP contribution < -0.4 is 10.2 Å². The highest BCUT2D eigenvalue weighted by Gasteiger charge is 2.24. The van der Waals surface area contributed by atoms with Crippen LogP contribution in [0.2, 0.25) is 0 Å². The van der Waals surface area contributed by atoms with Gasteiger partial charge in [-0.1, -0.05) is 24.3 Å². The first-order valence-corrected chi connectivity index (χ1v) is 11.5. The average Bonchev–Trinajstić information content (AvgIpc) is 3.29. The van der Waals surface area contributed by atoms with Gasteiger partial charge in [0.2, 0.25) is 5.91 Å². The van der Waals surface area contributed by atoms with Crippen molar-refractivity contribution in [3.05, 3.63) is 66.4 Å². The summed E-state index contributed by atoms with van der Waals surface area (Å²) < 4.78 is 0. The van der Waals surface area contributed by atoms with Gasteiger partial charge >= 0.3 is 0 Å². The number of para-hydroxylation sites is 1. The quantitative estimate of drug-likeness (QED) is 0.592. The first-order chi connectivity index (χ1) is 15.5. The molecule has 0 aliphatic carbocycles. The van der Waals surface area contributed by atoms with Crippen molar-refractivity contribution in [2.75, 3.05) is 31.1 Å². The lowest BCUT2D eigenvalue weighted by Crippen LogP contribution is -2.44. The molecule has 0 bridgehead atoms. The van der Waals surface area contributed by atoms with Gasteiger partial charge in [0.05, 0.1) is 0 Å². The summed E-state index contributed by atoms with van der Waals surface area (Å²) in [7, 11) is 0. The summed E-state index contributed by atoms with van der Waals surface area (Å²) in [6.45, 7) is 7.27. The maximum atomic E-state index is 13.4. The molecular weight excluding hydrogens is 400 g/mol. The van der Waals surface area contributed by atoms with Crippen molar-refractivity contribution in [2.24, 2.45) is 5.92 Å². The van der Waals surface area contributed by atoms with Crippen molar-refractivity contribution in [2.45, 2.75) is 32.7 Å². The topological polar surface area (TPSA) is 68.4 Å². The molecule has 32 heavy (non-hydrogen) atoms. The van der Waals surface area contributed by atoms with Crippen molar-refractivity contribution >= 4 is 28.4 Å². The Balaban J connectivity index is 1.42. The molecular formula is C26H32N4O2. The summed E-state index contributed by atoms with van der Waals surface area (Å²) in [4.78, 5) is 33.4. The van der Waals surface area contributed by atoms with Crippen molar-refractivity contribution < 1.29 is 9.59 Å². The first-order valence-electron chi connectivity index (χ1n) is 11.5. The molecule has 0 unspecified atom stereocenters. The first kappa shape index (κ1) is 22.1. The molecule has 6 heteroatoms. The monoisotopic (exact) mass is 432 g/mol. The van der Waals surface area contributed by atoms with Gasteiger partial charge < -0.3 is 15.2 Å². The van der Waals surface area contributed by atoms with E-state index in [4.69, 9.17) is 0 Å². The lowest BCUT2D eigenvalue weighted by Gasteiger charge is -2.34. The number of aromatic nitrogens is 1. The molecule has 1 aliphatic rings. The van der Waals surface area contributed by atoms with E-state index in [1.54, 1.807) is 4.90 Å². The minimum Gasteiger partial charge on any atom is -0.361 e. The van der Waals surface area contributed by atoms with Crippen LogP contribution in [0.3, 0.4) is 0 Å². The molecule has 1 aliphatic heterocycles. The zero-order valence-corrected chi connectivity index (χ0v) is 18.9. The van der Waals surface area contributed by atoms with Crippen LogP contribution >= 0.6 is 0 Å². The predicted octanol–water partition coefficient (Wildman–Crippen LogP) is 4.05. The van der Waals surface area contributed by atoms with Gasteiger partial charge in [0.15, 0.2) is 0 Å². The van der Waals surface area contributed by atoms with Gasteiger partial charge in [-0.05, 0) is 81.4 Å². The van der Waals surface area contributed by atoms with E-state index >= 15 is 0 Å². The molecule has 2 aromatic carbocycles. The normalized spacial score (nSPS) is 15.2. The number of likely N-dealkylation sites (tertiary alicyclic amines) is 1. The summed E-state index contributed by atoms with van der Waals surface area (Å²) in [6, 6.07) is 17.5. The third kappa shape index (κ3) is 5.19. The van der Waals surface area contributed by atoms with Crippen LogP contribution in [0.5, 0.6) is 0 Å². The van der Waals surface area contributed by atoms with E-state index in [0.29, 0.717) is 29.8 Å². The predicted molar refractivity (Wildman–Crippen MR) is 129 cm³/mol. The summed E-state index contributed by atoms with van der Waals surface area (Å²) in [5.41, 5.74) is 2.17. The molecule has 0 atom stereocenters. The molecule has 4 rings (SSSR count). The molecule has 0 saturated carbocycles. The highest BCUT2D eigenvalue weighted by Crippen LogP contribution is 2.21. The number of amides is 2. The standard InChI is InChI=1S/C26H32N4O2/c1-19(2)29-14-11-20(12-15-29)17-28-25(31)18-30(23-6-4-3-5-7-23)26(32)22-9-8-21-10-13-27-24(21)16-22/h3-10,13,16,19-20,27H,11-12,14-15,17-18H2,1-2H3,(H,28,31). The van der Waals surface area contributed by atoms with Crippen LogP contribution in [0, 0.1) is 5.92 Å². The van der Waals surface area contributed by atoms with Gasteiger partial charge in [-0.15, -0.1) is 0 Å². The fourth-order valence-corrected chi connectivity index (χ4v) is 4.36. The van der Waals surface area contributed by atoms with Gasteiger partial charge in [-0.25, -0.2) is 0 Å². The molecule has 2 amide bonds. The number of aromatic amines is 1. The lowest BCUT2D eigenvalue weighted by atomic mass is 9.96. The molecule has 1 fully saturated rings. The Hall–Kier alpha value is -3.12. The molecule has 2 heterocycles. The Morgan fingerprint density at radius 2 is 1.84 bits per heavy atom. The Bertz CT molecular complexity index is 1050. The van der Waals surface area contributed by atoms with Gasteiger partial charge in [0.25, 0.3) is 5.91 Å². The van der Waals surface area contributed by atoms with Crippen LogP contribution in [-0.4, -0.2) is 53.9 Å². The highest BCUT2D eigenvalue weighted by atomic mass is 16.2. The highest BCUT2D eigenvalue weighted by molar-refractivity contribution is 6.10. The molecule has 6 nitrogen and oxygen atoms in total. The SMILES string of the molecule is CC(C)N1CCC(CNC(=O)CN(C(=O)c2ccc3cc[nH]c3c2)c2ccccc2)CC1. The summed E-state index contributed by atoms with van der Waals surface area (Å²) in [6.07, 6.45) is 4.04. The number of carbonyl (C=O) groups excluding carboxylic acids is 2. The fraction of sp³-hybridized carbons (Fsp3) is 0.385. The number of hydrogen-bond donors (Lipinski definition) is 2. The second-order valence-electron chi connectivity index (χ2n) is 8.88. The number of rotatable bonds is 7. The molecule has 3 aromatic rings. The average molecular weight is 433 g/mol. The van der Waals surface area contributed by atoms with E-state index in [9.17, 15) is 9.59 Å². The van der Waals surface area contributed by atoms with E-state index in [0.717, 1.165) is 36.8 Å². The third-order valence-electron chi connectivity index (χ3n) is 6.38. The molecule has 2 N–H and O–H groups in total. The summed E-state index contributed by atoms with van der Waals surface area (Å²) in [5, 5.41) is 4.12. The van der Waals surface area contributed by atoms with E-state index in [1.165, 1.54) is 0 Å². The van der Waals surface area contributed by atoms with E-state index in [1.807, 2.05) is 60.8 Å². The van der Waals surface area contributed by atoms with Crippen molar-refractivity contribution in [3.63, 3.8) is 0 Å². The smallest absolute Gasteiger partial charge is 0.258 e. The van der Waals surface area contributed by atoms with Crippen LogP contribution in [0.15, 0.2) is 60.8 Å². The van der Waals surface area contributed by atoms with Crippen molar-refractivity contribution in [3.8, 4) is 0 Å². The molecule has 0 radical (unpaired) electrons. The maximum absolute atomic E-state index is 13.4. The molecule has 168 valence electrons. The van der Waals surface area contributed by atoms with Crippen molar-refractivity contribution in [1.82, 2.24) is 15.2 Å². The Labute approximate surface area is 189 Å². The Kier molecular flexibility index (Phi) is 6.90.